The minimum absolute atomic E-state index is 0.250. The Kier molecular flexibility index (Phi) is 4.79. The predicted molar refractivity (Wildman–Crippen MR) is 69.3 cm³/mol. The molecule has 0 aliphatic carbocycles. The lowest BCUT2D eigenvalue weighted by atomic mass is 10.1. The number of rotatable bonds is 5. The van der Waals surface area contributed by atoms with Crippen molar-refractivity contribution in [2.75, 3.05) is 7.11 Å². The molecule has 1 atom stereocenters. The quantitative estimate of drug-likeness (QED) is 0.734. The predicted octanol–water partition coefficient (Wildman–Crippen LogP) is 3.44. The molecule has 0 saturated carbocycles. The Hall–Kier alpha value is -1.25. The van der Waals surface area contributed by atoms with Crippen molar-refractivity contribution in [3.63, 3.8) is 0 Å². The summed E-state index contributed by atoms with van der Waals surface area (Å²) in [4.78, 5) is 11.7. The van der Waals surface area contributed by atoms with E-state index in [0.29, 0.717) is 17.7 Å². The molecule has 0 N–H and O–H groups in total. The first-order valence-corrected chi connectivity index (χ1v) is 6.29. The Balaban J connectivity index is 3.14. The number of esters is 1. The number of hydrogen-bond acceptors (Lipinski definition) is 2. The maximum absolute atomic E-state index is 11.7. The average molecular weight is 237 g/mol. The van der Waals surface area contributed by atoms with E-state index in [2.05, 4.69) is 32.3 Å². The summed E-state index contributed by atoms with van der Waals surface area (Å²) in [6.07, 6.45) is 1.99. The van der Waals surface area contributed by atoms with Crippen molar-refractivity contribution < 1.29 is 9.53 Å². The largest absolute Gasteiger partial charge is 0.464 e. The number of methoxy groups -OCH3 is 1. The highest BCUT2D eigenvalue weighted by molar-refractivity contribution is 5.87. The highest BCUT2D eigenvalue weighted by Crippen LogP contribution is 2.22. The van der Waals surface area contributed by atoms with Crippen LogP contribution in [0, 0.1) is 5.92 Å². The van der Waals surface area contributed by atoms with E-state index in [1.165, 1.54) is 12.8 Å². The van der Waals surface area contributed by atoms with E-state index >= 15 is 0 Å². The highest BCUT2D eigenvalue weighted by atomic mass is 16.5. The van der Waals surface area contributed by atoms with Crippen molar-refractivity contribution >= 4 is 5.97 Å². The third-order valence-electron chi connectivity index (χ3n) is 3.05. The fraction of sp³-hybridized carbons (Fsp3) is 0.643. The van der Waals surface area contributed by atoms with Crippen LogP contribution in [0.15, 0.2) is 12.1 Å². The summed E-state index contributed by atoms with van der Waals surface area (Å²) in [5.74, 6) is 0.332. The second-order valence-electron chi connectivity index (χ2n) is 4.93. The van der Waals surface area contributed by atoms with Gasteiger partial charge in [-0.15, -0.1) is 0 Å². The van der Waals surface area contributed by atoms with Crippen molar-refractivity contribution in [2.24, 2.45) is 5.92 Å². The topological polar surface area (TPSA) is 31.2 Å². The standard InChI is InChI=1S/C14H23NO2/c1-6-11(4)15-12(9-10(2)3)7-8-13(15)14(16)17-5/h7-8,10-11H,6,9H2,1-5H3/t11-/m0/s1. The summed E-state index contributed by atoms with van der Waals surface area (Å²) in [5.41, 5.74) is 1.88. The van der Waals surface area contributed by atoms with Gasteiger partial charge >= 0.3 is 5.97 Å². The van der Waals surface area contributed by atoms with E-state index in [-0.39, 0.29) is 5.97 Å². The molecule has 0 aliphatic heterocycles. The van der Waals surface area contributed by atoms with Crippen LogP contribution in [-0.4, -0.2) is 17.6 Å². The molecule has 0 radical (unpaired) electrons. The van der Waals surface area contributed by atoms with Crippen molar-refractivity contribution in [3.8, 4) is 0 Å². The smallest absolute Gasteiger partial charge is 0.354 e. The molecule has 1 heterocycles. The molecule has 0 unspecified atom stereocenters. The first kappa shape index (κ1) is 13.8. The van der Waals surface area contributed by atoms with Gasteiger partial charge in [0.2, 0.25) is 0 Å². The van der Waals surface area contributed by atoms with Gasteiger partial charge in [0.15, 0.2) is 0 Å². The van der Waals surface area contributed by atoms with Crippen LogP contribution in [0.3, 0.4) is 0 Å². The Bertz CT molecular complexity index is 380. The summed E-state index contributed by atoms with van der Waals surface area (Å²) in [6.45, 7) is 8.64. The van der Waals surface area contributed by atoms with Crippen LogP contribution in [0.1, 0.15) is 56.3 Å². The first-order chi connectivity index (χ1) is 8.01. The Morgan fingerprint density at radius 2 is 2.00 bits per heavy atom. The van der Waals surface area contributed by atoms with E-state index in [1.807, 2.05) is 12.1 Å². The number of ether oxygens (including phenoxy) is 1. The van der Waals surface area contributed by atoms with Crippen LogP contribution >= 0.6 is 0 Å². The zero-order valence-electron chi connectivity index (χ0n) is 11.5. The van der Waals surface area contributed by atoms with Crippen LogP contribution in [0.4, 0.5) is 0 Å². The molecule has 0 saturated heterocycles. The fourth-order valence-corrected chi connectivity index (χ4v) is 2.05. The first-order valence-electron chi connectivity index (χ1n) is 6.29. The van der Waals surface area contributed by atoms with Gasteiger partial charge in [-0.3, -0.25) is 0 Å². The van der Waals surface area contributed by atoms with Gasteiger partial charge in [0.05, 0.1) is 7.11 Å². The van der Waals surface area contributed by atoms with Gasteiger partial charge in [0.1, 0.15) is 5.69 Å². The van der Waals surface area contributed by atoms with Crippen LogP contribution < -0.4 is 0 Å². The second-order valence-corrected chi connectivity index (χ2v) is 4.93. The van der Waals surface area contributed by atoms with E-state index in [1.54, 1.807) is 0 Å². The fourth-order valence-electron chi connectivity index (χ4n) is 2.05. The Morgan fingerprint density at radius 1 is 1.35 bits per heavy atom. The summed E-state index contributed by atoms with van der Waals surface area (Å²) in [5, 5.41) is 0. The molecule has 3 heteroatoms. The van der Waals surface area contributed by atoms with Crippen molar-refractivity contribution in [2.45, 2.75) is 46.6 Å². The van der Waals surface area contributed by atoms with Gasteiger partial charge in [-0.2, -0.15) is 0 Å². The minimum atomic E-state index is -0.250. The lowest BCUT2D eigenvalue weighted by Crippen LogP contribution is -2.17. The molecule has 1 rings (SSSR count). The molecule has 0 aliphatic rings. The molecule has 3 nitrogen and oxygen atoms in total. The molecule has 1 aromatic heterocycles. The van der Waals surface area contributed by atoms with Crippen LogP contribution in [0.2, 0.25) is 0 Å². The van der Waals surface area contributed by atoms with E-state index in [4.69, 9.17) is 4.74 Å². The van der Waals surface area contributed by atoms with Gasteiger partial charge in [-0.1, -0.05) is 20.8 Å². The Morgan fingerprint density at radius 3 is 2.47 bits per heavy atom. The zero-order valence-corrected chi connectivity index (χ0v) is 11.5. The van der Waals surface area contributed by atoms with Crippen LogP contribution in [-0.2, 0) is 11.2 Å². The van der Waals surface area contributed by atoms with E-state index in [9.17, 15) is 4.79 Å². The van der Waals surface area contributed by atoms with Gasteiger partial charge in [0, 0.05) is 11.7 Å². The number of carbonyl (C=O) groups excluding carboxylic acids is 1. The van der Waals surface area contributed by atoms with Gasteiger partial charge < -0.3 is 9.30 Å². The van der Waals surface area contributed by atoms with E-state index in [0.717, 1.165) is 12.8 Å². The molecular weight excluding hydrogens is 214 g/mol. The maximum Gasteiger partial charge on any atom is 0.354 e. The van der Waals surface area contributed by atoms with E-state index < -0.39 is 0 Å². The van der Waals surface area contributed by atoms with Gasteiger partial charge in [0.25, 0.3) is 0 Å². The molecule has 17 heavy (non-hydrogen) atoms. The van der Waals surface area contributed by atoms with Crippen molar-refractivity contribution in [1.29, 1.82) is 0 Å². The lowest BCUT2D eigenvalue weighted by Gasteiger charge is -2.19. The summed E-state index contributed by atoms with van der Waals surface area (Å²) in [6, 6.07) is 4.24. The zero-order chi connectivity index (χ0) is 13.0. The van der Waals surface area contributed by atoms with Crippen molar-refractivity contribution in [1.82, 2.24) is 4.57 Å². The van der Waals surface area contributed by atoms with Crippen molar-refractivity contribution in [3.05, 3.63) is 23.5 Å². The monoisotopic (exact) mass is 237 g/mol. The summed E-state index contributed by atoms with van der Waals surface area (Å²) >= 11 is 0. The average Bonchev–Trinajstić information content (AvgIpc) is 2.69. The molecule has 0 aromatic carbocycles. The SMILES string of the molecule is CC[C@H](C)n1c(CC(C)C)ccc1C(=O)OC. The number of nitrogens with zero attached hydrogens (tertiary/aromatic N) is 1. The second kappa shape index (κ2) is 5.89. The van der Waals surface area contributed by atoms with Gasteiger partial charge in [-0.05, 0) is 37.8 Å². The molecular formula is C14H23NO2. The molecule has 96 valence electrons. The highest BCUT2D eigenvalue weighted by Gasteiger charge is 2.18. The van der Waals surface area contributed by atoms with Crippen LogP contribution in [0.5, 0.6) is 0 Å². The Labute approximate surface area is 104 Å². The molecule has 0 amide bonds. The normalized spacial score (nSPS) is 12.8. The summed E-state index contributed by atoms with van der Waals surface area (Å²) in [7, 11) is 1.43. The van der Waals surface area contributed by atoms with Gasteiger partial charge in [-0.25, -0.2) is 4.79 Å². The number of aromatic nitrogens is 1. The number of carbonyl (C=O) groups is 1. The molecule has 0 spiro atoms. The maximum atomic E-state index is 11.7. The molecule has 0 bridgehead atoms. The minimum Gasteiger partial charge on any atom is -0.464 e. The molecule has 1 aromatic rings. The number of hydrogen-bond donors (Lipinski definition) is 0. The summed E-state index contributed by atoms with van der Waals surface area (Å²) < 4.78 is 6.95. The lowest BCUT2D eigenvalue weighted by molar-refractivity contribution is 0.0585. The van der Waals surface area contributed by atoms with Crippen LogP contribution in [0.25, 0.3) is 0 Å². The third kappa shape index (κ3) is 3.11. The molecule has 0 fully saturated rings. The third-order valence-corrected chi connectivity index (χ3v) is 3.05.